The number of hydrogen-bond donors (Lipinski definition) is 1. The molecule has 2 rings (SSSR count). The van der Waals surface area contributed by atoms with Crippen LogP contribution >= 0.6 is 0 Å². The first-order chi connectivity index (χ1) is 8.73. The molecule has 0 heterocycles. The Morgan fingerprint density at radius 3 is 2.16 bits per heavy atom. The molecule has 3 unspecified atom stereocenters. The predicted molar refractivity (Wildman–Crippen MR) is 81.2 cm³/mol. The Hall–Kier alpha value is -0.820. The van der Waals surface area contributed by atoms with Crippen molar-refractivity contribution in [2.24, 2.45) is 11.8 Å². The van der Waals surface area contributed by atoms with Gasteiger partial charge in [0, 0.05) is 0 Å². The molecule has 0 spiro atoms. The topological polar surface area (TPSA) is 20.2 Å². The molecule has 1 aromatic rings. The van der Waals surface area contributed by atoms with Gasteiger partial charge in [-0.05, 0) is 41.2 Å². The predicted octanol–water partition coefficient (Wildman–Crippen LogP) is 4.63. The second-order valence-electron chi connectivity index (χ2n) is 7.54. The summed E-state index contributed by atoms with van der Waals surface area (Å²) in [6.07, 6.45) is 3.26. The van der Waals surface area contributed by atoms with Crippen molar-refractivity contribution in [1.82, 2.24) is 0 Å². The van der Waals surface area contributed by atoms with E-state index in [2.05, 4.69) is 58.9 Å². The third-order valence-corrected chi connectivity index (χ3v) is 4.82. The summed E-state index contributed by atoms with van der Waals surface area (Å²) >= 11 is 0. The number of hydrogen-bond acceptors (Lipinski definition) is 1. The van der Waals surface area contributed by atoms with E-state index in [1.165, 1.54) is 12.0 Å². The van der Waals surface area contributed by atoms with Crippen LogP contribution in [-0.2, 0) is 11.0 Å². The molecular weight excluding hydrogens is 232 g/mol. The highest BCUT2D eigenvalue weighted by Crippen LogP contribution is 2.44. The van der Waals surface area contributed by atoms with E-state index < -0.39 is 5.60 Å². The monoisotopic (exact) mass is 260 g/mol. The summed E-state index contributed by atoms with van der Waals surface area (Å²) in [6.45, 7) is 11.1. The highest BCUT2D eigenvalue weighted by atomic mass is 16.3. The molecule has 0 aliphatic heterocycles. The largest absolute Gasteiger partial charge is 0.385 e. The molecule has 106 valence electrons. The first kappa shape index (κ1) is 14.6. The molecule has 1 aliphatic carbocycles. The smallest absolute Gasteiger partial charge is 0.0924 e. The number of aliphatic hydroxyl groups is 1. The molecule has 0 radical (unpaired) electrons. The summed E-state index contributed by atoms with van der Waals surface area (Å²) in [7, 11) is 0. The lowest BCUT2D eigenvalue weighted by atomic mass is 9.68. The Labute approximate surface area is 118 Å². The summed E-state index contributed by atoms with van der Waals surface area (Å²) in [5, 5.41) is 11.1. The van der Waals surface area contributed by atoms with E-state index in [0.29, 0.717) is 11.8 Å². The molecule has 0 saturated heterocycles. The van der Waals surface area contributed by atoms with Crippen molar-refractivity contribution in [3.8, 4) is 0 Å². The fourth-order valence-electron chi connectivity index (χ4n) is 3.27. The van der Waals surface area contributed by atoms with Gasteiger partial charge in [-0.3, -0.25) is 0 Å². The van der Waals surface area contributed by atoms with Crippen LogP contribution in [-0.4, -0.2) is 5.11 Å². The summed E-state index contributed by atoms with van der Waals surface area (Å²) in [6, 6.07) is 8.63. The van der Waals surface area contributed by atoms with Gasteiger partial charge in [0.2, 0.25) is 0 Å². The van der Waals surface area contributed by atoms with Crippen LogP contribution in [0.15, 0.2) is 24.3 Å². The van der Waals surface area contributed by atoms with Gasteiger partial charge in [0.15, 0.2) is 0 Å². The molecule has 0 amide bonds. The van der Waals surface area contributed by atoms with Gasteiger partial charge < -0.3 is 5.11 Å². The van der Waals surface area contributed by atoms with Crippen LogP contribution in [0.1, 0.15) is 65.0 Å². The SMILES string of the molecule is CC1CCC(C)C(O)(c2ccc(C(C)(C)C)cc2)C1. The Bertz CT molecular complexity index is 426. The molecule has 1 saturated carbocycles. The molecule has 3 atom stereocenters. The van der Waals surface area contributed by atoms with Gasteiger partial charge in [0.25, 0.3) is 0 Å². The van der Waals surface area contributed by atoms with Crippen molar-refractivity contribution in [3.63, 3.8) is 0 Å². The van der Waals surface area contributed by atoms with Crippen LogP contribution < -0.4 is 0 Å². The maximum Gasteiger partial charge on any atom is 0.0924 e. The van der Waals surface area contributed by atoms with Crippen LogP contribution in [0.4, 0.5) is 0 Å². The number of rotatable bonds is 1. The van der Waals surface area contributed by atoms with Crippen molar-refractivity contribution >= 4 is 0 Å². The highest BCUT2D eigenvalue weighted by molar-refractivity contribution is 5.31. The minimum Gasteiger partial charge on any atom is -0.385 e. The van der Waals surface area contributed by atoms with Gasteiger partial charge in [-0.15, -0.1) is 0 Å². The van der Waals surface area contributed by atoms with Crippen LogP contribution in [0.2, 0.25) is 0 Å². The normalized spacial score (nSPS) is 32.3. The molecule has 1 N–H and O–H groups in total. The first-order valence-electron chi connectivity index (χ1n) is 7.57. The van der Waals surface area contributed by atoms with Gasteiger partial charge in [-0.25, -0.2) is 0 Å². The van der Waals surface area contributed by atoms with Crippen LogP contribution in [0, 0.1) is 11.8 Å². The fourth-order valence-corrected chi connectivity index (χ4v) is 3.27. The summed E-state index contributed by atoms with van der Waals surface area (Å²) in [5.41, 5.74) is 1.97. The van der Waals surface area contributed by atoms with Gasteiger partial charge in [-0.1, -0.05) is 65.3 Å². The molecule has 1 aromatic carbocycles. The minimum absolute atomic E-state index is 0.173. The van der Waals surface area contributed by atoms with Gasteiger partial charge in [0.05, 0.1) is 5.60 Å². The summed E-state index contributed by atoms with van der Waals surface area (Å²) in [4.78, 5) is 0. The first-order valence-corrected chi connectivity index (χ1v) is 7.57. The van der Waals surface area contributed by atoms with Crippen LogP contribution in [0.25, 0.3) is 0 Å². The summed E-state index contributed by atoms with van der Waals surface area (Å²) < 4.78 is 0. The van der Waals surface area contributed by atoms with Gasteiger partial charge in [0.1, 0.15) is 0 Å². The Morgan fingerprint density at radius 2 is 1.63 bits per heavy atom. The standard InChI is InChI=1S/C18H28O/c1-13-6-7-14(2)18(19,12-13)16-10-8-15(9-11-16)17(3,4)5/h8-11,13-14,19H,6-7,12H2,1-5H3. The third-order valence-electron chi connectivity index (χ3n) is 4.82. The lowest BCUT2D eigenvalue weighted by Gasteiger charge is -2.41. The van der Waals surface area contributed by atoms with Crippen molar-refractivity contribution in [1.29, 1.82) is 0 Å². The average molecular weight is 260 g/mol. The van der Waals surface area contributed by atoms with Gasteiger partial charge >= 0.3 is 0 Å². The Kier molecular flexibility index (Phi) is 3.79. The van der Waals surface area contributed by atoms with E-state index in [0.717, 1.165) is 18.4 Å². The zero-order valence-corrected chi connectivity index (χ0v) is 13.0. The second kappa shape index (κ2) is 4.94. The molecule has 0 aromatic heterocycles. The Balaban J connectivity index is 2.30. The maximum absolute atomic E-state index is 11.1. The molecule has 19 heavy (non-hydrogen) atoms. The van der Waals surface area contributed by atoms with E-state index in [1.54, 1.807) is 0 Å². The zero-order valence-electron chi connectivity index (χ0n) is 13.0. The molecular formula is C18H28O. The maximum atomic E-state index is 11.1. The van der Waals surface area contributed by atoms with Crippen molar-refractivity contribution in [2.75, 3.05) is 0 Å². The fraction of sp³-hybridized carbons (Fsp3) is 0.667. The van der Waals surface area contributed by atoms with Gasteiger partial charge in [-0.2, -0.15) is 0 Å². The lowest BCUT2D eigenvalue weighted by molar-refractivity contribution is -0.0627. The lowest BCUT2D eigenvalue weighted by Crippen LogP contribution is -2.39. The van der Waals surface area contributed by atoms with E-state index in [4.69, 9.17) is 0 Å². The third kappa shape index (κ3) is 2.86. The van der Waals surface area contributed by atoms with E-state index >= 15 is 0 Å². The van der Waals surface area contributed by atoms with Crippen molar-refractivity contribution in [3.05, 3.63) is 35.4 Å². The molecule has 0 bridgehead atoms. The van der Waals surface area contributed by atoms with Crippen LogP contribution in [0.3, 0.4) is 0 Å². The molecule has 1 nitrogen and oxygen atoms in total. The second-order valence-corrected chi connectivity index (χ2v) is 7.54. The zero-order chi connectivity index (χ0) is 14.3. The van der Waals surface area contributed by atoms with E-state index in [1.807, 2.05) is 0 Å². The highest BCUT2D eigenvalue weighted by Gasteiger charge is 2.40. The quantitative estimate of drug-likeness (QED) is 0.780. The van der Waals surface area contributed by atoms with E-state index in [-0.39, 0.29) is 5.41 Å². The average Bonchev–Trinajstić information content (AvgIpc) is 2.33. The number of benzene rings is 1. The summed E-state index contributed by atoms with van der Waals surface area (Å²) in [5.74, 6) is 0.965. The molecule has 1 aliphatic rings. The Morgan fingerprint density at radius 1 is 1.05 bits per heavy atom. The molecule has 1 heteroatoms. The van der Waals surface area contributed by atoms with E-state index in [9.17, 15) is 5.11 Å². The van der Waals surface area contributed by atoms with Crippen molar-refractivity contribution in [2.45, 2.75) is 64.9 Å². The molecule has 1 fully saturated rings. The van der Waals surface area contributed by atoms with Crippen LogP contribution in [0.5, 0.6) is 0 Å². The van der Waals surface area contributed by atoms with Crippen molar-refractivity contribution < 1.29 is 5.11 Å². The minimum atomic E-state index is -0.631.